The van der Waals surface area contributed by atoms with E-state index in [1.54, 1.807) is 4.90 Å². The van der Waals surface area contributed by atoms with Crippen molar-refractivity contribution in [3.05, 3.63) is 35.4 Å². The number of hydrogen-bond acceptors (Lipinski definition) is 9. The van der Waals surface area contributed by atoms with Crippen LogP contribution in [0.3, 0.4) is 0 Å². The van der Waals surface area contributed by atoms with Gasteiger partial charge in [-0.2, -0.15) is 0 Å². The second kappa shape index (κ2) is 8.87. The normalized spacial score (nSPS) is 21.0. The Morgan fingerprint density at radius 1 is 1.19 bits per heavy atom. The number of hydrogen-bond donors (Lipinski definition) is 3. The van der Waals surface area contributed by atoms with Crippen LogP contribution in [0, 0.1) is 0 Å². The van der Waals surface area contributed by atoms with Gasteiger partial charge >= 0.3 is 0 Å². The number of Topliss-reactive ketones (excluding diaryl/α,β-unsaturated/α-hetero) is 1. The van der Waals surface area contributed by atoms with Crippen LogP contribution in [0.15, 0.2) is 29.7 Å². The zero-order valence-electron chi connectivity index (χ0n) is 17.4. The van der Waals surface area contributed by atoms with Gasteiger partial charge in [-0.25, -0.2) is 8.42 Å². The van der Waals surface area contributed by atoms with Gasteiger partial charge < -0.3 is 20.6 Å². The van der Waals surface area contributed by atoms with E-state index < -0.39 is 26.9 Å². The minimum atomic E-state index is -4.01. The number of carbonyl (C=O) groups excluding carboxylic acids is 3. The molecule has 2 amide bonds. The second-order valence-corrected chi connectivity index (χ2v) is 10.1. The van der Waals surface area contributed by atoms with E-state index in [9.17, 15) is 27.9 Å². The van der Waals surface area contributed by atoms with Gasteiger partial charge in [0, 0.05) is 57.3 Å². The molecule has 3 aliphatic heterocycles. The van der Waals surface area contributed by atoms with Crippen molar-refractivity contribution in [2.24, 2.45) is 0 Å². The van der Waals surface area contributed by atoms with Crippen molar-refractivity contribution < 1.29 is 27.9 Å². The number of carbonyl (C=O) groups is 3. The summed E-state index contributed by atoms with van der Waals surface area (Å²) in [6.45, 7) is 2.48. The van der Waals surface area contributed by atoms with Crippen molar-refractivity contribution in [3.8, 4) is 5.75 Å². The summed E-state index contributed by atoms with van der Waals surface area (Å²) in [6, 6.07) is 2.81. The number of aromatic hydroxyl groups is 1. The fourth-order valence-electron chi connectivity index (χ4n) is 4.19. The molecule has 4 heterocycles. The molecule has 1 aromatic rings. The van der Waals surface area contributed by atoms with Crippen LogP contribution in [0.2, 0.25) is 0 Å². The number of nitrogens with zero attached hydrogens (tertiary/aromatic N) is 3. The molecule has 0 aliphatic carbocycles. The molecule has 1 aromatic heterocycles. The predicted octanol–water partition coefficient (Wildman–Crippen LogP) is -1.14. The van der Waals surface area contributed by atoms with Gasteiger partial charge in [0.25, 0.3) is 0 Å². The van der Waals surface area contributed by atoms with Gasteiger partial charge in [-0.1, -0.05) is 0 Å². The first-order valence-electron chi connectivity index (χ1n) is 10.4. The smallest absolute Gasteiger partial charge is 0.228 e. The van der Waals surface area contributed by atoms with E-state index in [0.29, 0.717) is 31.9 Å². The summed E-state index contributed by atoms with van der Waals surface area (Å²) in [6.07, 6.45) is 1.06. The predicted molar refractivity (Wildman–Crippen MR) is 112 cm³/mol. The Morgan fingerprint density at radius 3 is 2.62 bits per heavy atom. The quantitative estimate of drug-likeness (QED) is 0.476. The highest BCUT2D eigenvalue weighted by Gasteiger charge is 2.48. The monoisotopic (exact) mass is 463 g/mol. The molecule has 1 unspecified atom stereocenters. The van der Waals surface area contributed by atoms with Crippen LogP contribution in [0.4, 0.5) is 0 Å². The summed E-state index contributed by atoms with van der Waals surface area (Å²) in [5, 5.41) is 14.7. The number of sulfone groups is 1. The van der Waals surface area contributed by atoms with Crippen LogP contribution in [-0.2, 0) is 30.0 Å². The standard InChI is InChI=1S/C20H25N5O6S/c26-15-2-1-5-22-14(15)12-32(30,31)19-10-13-20(16(27)11-23-13)25(19)18(29)4-3-17(28)24-8-6-21-7-9-24/h1-2,5,19,21,23,26H,3-4,6-12H2. The number of piperazine rings is 1. The maximum Gasteiger partial charge on any atom is 0.228 e. The topological polar surface area (TPSA) is 149 Å². The summed E-state index contributed by atoms with van der Waals surface area (Å²) in [7, 11) is -4.01. The van der Waals surface area contributed by atoms with Crippen LogP contribution in [0.1, 0.15) is 25.0 Å². The molecule has 11 nitrogen and oxygen atoms in total. The van der Waals surface area contributed by atoms with E-state index in [-0.39, 0.29) is 54.6 Å². The Labute approximate surface area is 185 Å². The Kier molecular flexibility index (Phi) is 6.15. The molecule has 0 spiro atoms. The maximum absolute atomic E-state index is 13.2. The van der Waals surface area contributed by atoms with Crippen molar-refractivity contribution in [1.29, 1.82) is 0 Å². The first-order valence-corrected chi connectivity index (χ1v) is 12.1. The highest BCUT2D eigenvalue weighted by molar-refractivity contribution is 7.91. The fourth-order valence-corrected chi connectivity index (χ4v) is 5.95. The molecule has 1 saturated heterocycles. The molecular weight excluding hydrogens is 438 g/mol. The van der Waals surface area contributed by atoms with Crippen molar-refractivity contribution in [3.63, 3.8) is 0 Å². The molecule has 1 fully saturated rings. The van der Waals surface area contributed by atoms with Gasteiger partial charge in [-0.05, 0) is 12.1 Å². The van der Waals surface area contributed by atoms with Gasteiger partial charge in [0.1, 0.15) is 16.8 Å². The zero-order valence-corrected chi connectivity index (χ0v) is 18.2. The lowest BCUT2D eigenvalue weighted by molar-refractivity contribution is -0.137. The second-order valence-electron chi connectivity index (χ2n) is 7.93. The average molecular weight is 464 g/mol. The van der Waals surface area contributed by atoms with E-state index in [1.165, 1.54) is 18.3 Å². The Bertz CT molecular complexity index is 1080. The van der Waals surface area contributed by atoms with E-state index in [2.05, 4.69) is 15.6 Å². The fraction of sp³-hybridized carbons (Fsp3) is 0.500. The van der Waals surface area contributed by atoms with Gasteiger partial charge in [-0.15, -0.1) is 0 Å². The molecule has 172 valence electrons. The SMILES string of the molecule is O=C1CNC2=C1N(C(=O)CCC(=O)N1CCNCC1)C(S(=O)(=O)Cc1ncccc1O)C2. The maximum atomic E-state index is 13.2. The van der Waals surface area contributed by atoms with E-state index in [1.807, 2.05) is 0 Å². The summed E-state index contributed by atoms with van der Waals surface area (Å²) in [5.41, 5.74) is 0.444. The third kappa shape index (κ3) is 4.32. The lowest BCUT2D eigenvalue weighted by Gasteiger charge is -2.29. The molecule has 3 aliphatic rings. The van der Waals surface area contributed by atoms with E-state index in [4.69, 9.17) is 0 Å². The van der Waals surface area contributed by atoms with Crippen LogP contribution >= 0.6 is 0 Å². The number of pyridine rings is 1. The third-order valence-corrected chi connectivity index (χ3v) is 7.71. The third-order valence-electron chi connectivity index (χ3n) is 5.83. The number of nitrogens with one attached hydrogen (secondary N) is 2. The summed E-state index contributed by atoms with van der Waals surface area (Å²) >= 11 is 0. The molecule has 0 bridgehead atoms. The number of aromatic nitrogens is 1. The summed E-state index contributed by atoms with van der Waals surface area (Å²) in [4.78, 5) is 44.6. The van der Waals surface area contributed by atoms with Crippen molar-refractivity contribution >= 4 is 27.4 Å². The molecule has 0 radical (unpaired) electrons. The van der Waals surface area contributed by atoms with Gasteiger partial charge in [0.05, 0.1) is 18.0 Å². The summed E-state index contributed by atoms with van der Waals surface area (Å²) in [5.74, 6) is -1.97. The van der Waals surface area contributed by atoms with Gasteiger partial charge in [0.2, 0.25) is 11.8 Å². The molecule has 12 heteroatoms. The number of rotatable bonds is 6. The lowest BCUT2D eigenvalue weighted by Crippen LogP contribution is -2.47. The van der Waals surface area contributed by atoms with Crippen LogP contribution in [-0.4, -0.2) is 84.0 Å². The van der Waals surface area contributed by atoms with Crippen molar-refractivity contribution in [2.75, 3.05) is 32.7 Å². The minimum absolute atomic E-state index is 0.00194. The average Bonchev–Trinajstić information content (AvgIpc) is 3.34. The Balaban J connectivity index is 1.52. The summed E-state index contributed by atoms with van der Waals surface area (Å²) < 4.78 is 26.4. The number of ketones is 1. The van der Waals surface area contributed by atoms with Crippen molar-refractivity contribution in [2.45, 2.75) is 30.4 Å². The minimum Gasteiger partial charge on any atom is -0.506 e. The largest absolute Gasteiger partial charge is 0.506 e. The Morgan fingerprint density at radius 2 is 1.91 bits per heavy atom. The molecule has 4 rings (SSSR count). The van der Waals surface area contributed by atoms with E-state index in [0.717, 1.165) is 4.90 Å². The van der Waals surface area contributed by atoms with Crippen LogP contribution < -0.4 is 10.6 Å². The first-order chi connectivity index (χ1) is 15.3. The first kappa shape index (κ1) is 22.2. The molecule has 3 N–H and O–H groups in total. The van der Waals surface area contributed by atoms with Gasteiger partial charge in [-0.3, -0.25) is 24.3 Å². The number of amides is 2. The zero-order chi connectivity index (χ0) is 22.9. The lowest BCUT2D eigenvalue weighted by atomic mass is 10.2. The molecular formula is C20H25N5O6S. The highest BCUT2D eigenvalue weighted by Crippen LogP contribution is 2.36. The van der Waals surface area contributed by atoms with E-state index >= 15 is 0 Å². The molecule has 0 aromatic carbocycles. The van der Waals surface area contributed by atoms with Crippen LogP contribution in [0.5, 0.6) is 5.75 Å². The molecule has 1 atom stereocenters. The molecule has 32 heavy (non-hydrogen) atoms. The van der Waals surface area contributed by atoms with Crippen molar-refractivity contribution in [1.82, 2.24) is 25.4 Å². The highest BCUT2D eigenvalue weighted by atomic mass is 32.2. The van der Waals surface area contributed by atoms with Gasteiger partial charge in [0.15, 0.2) is 15.6 Å². The van der Waals surface area contributed by atoms with Crippen LogP contribution in [0.25, 0.3) is 0 Å². The Hall–Kier alpha value is -2.99. The molecule has 0 saturated carbocycles.